The zero-order chi connectivity index (χ0) is 19.7. The van der Waals surface area contributed by atoms with Crippen LogP contribution >= 0.6 is 23.1 Å². The largest absolute Gasteiger partial charge is 0.355 e. The average Bonchev–Trinajstić information content (AvgIpc) is 3.42. The van der Waals surface area contributed by atoms with Gasteiger partial charge in [0.05, 0.1) is 11.4 Å². The molecule has 1 aliphatic heterocycles. The number of carbonyl (C=O) groups excluding carboxylic acids is 2. The molecule has 0 saturated carbocycles. The molecule has 0 radical (unpaired) electrons. The standard InChI is InChI=1S/C18H15FN4O3S2/c1-10-7-20-18(28-10)21-16(24)14-8-27-9-23(14)17(25)13-6-15(26-22-13)11-4-2-3-5-12(11)19/h2-7,14H,8-9H2,1H3,(H,20,21,24). The molecule has 3 aromatic rings. The Labute approximate surface area is 167 Å². The number of hydrogen-bond donors (Lipinski definition) is 1. The van der Waals surface area contributed by atoms with Crippen LogP contribution in [0.2, 0.25) is 0 Å². The summed E-state index contributed by atoms with van der Waals surface area (Å²) < 4.78 is 19.1. The normalized spacial score (nSPS) is 16.4. The van der Waals surface area contributed by atoms with Gasteiger partial charge in [-0.25, -0.2) is 9.37 Å². The zero-order valence-corrected chi connectivity index (χ0v) is 16.3. The molecule has 144 valence electrons. The predicted molar refractivity (Wildman–Crippen MR) is 105 cm³/mol. The monoisotopic (exact) mass is 418 g/mol. The Kier molecular flexibility index (Phi) is 5.14. The number of halogens is 1. The second-order valence-electron chi connectivity index (χ2n) is 6.11. The van der Waals surface area contributed by atoms with Gasteiger partial charge in [0.25, 0.3) is 5.91 Å². The maximum absolute atomic E-state index is 13.9. The minimum Gasteiger partial charge on any atom is -0.355 e. The highest BCUT2D eigenvalue weighted by atomic mass is 32.2. The molecule has 0 bridgehead atoms. The van der Waals surface area contributed by atoms with Gasteiger partial charge in [-0.15, -0.1) is 23.1 Å². The highest BCUT2D eigenvalue weighted by molar-refractivity contribution is 7.99. The zero-order valence-electron chi connectivity index (χ0n) is 14.7. The Balaban J connectivity index is 1.51. The van der Waals surface area contributed by atoms with E-state index in [9.17, 15) is 14.0 Å². The van der Waals surface area contributed by atoms with Gasteiger partial charge in [-0.05, 0) is 19.1 Å². The lowest BCUT2D eigenvalue weighted by atomic mass is 10.1. The van der Waals surface area contributed by atoms with E-state index < -0.39 is 17.8 Å². The van der Waals surface area contributed by atoms with Gasteiger partial charge in [0, 0.05) is 22.9 Å². The number of nitrogens with one attached hydrogen (secondary N) is 1. The summed E-state index contributed by atoms with van der Waals surface area (Å²) in [7, 11) is 0. The van der Waals surface area contributed by atoms with Crippen molar-refractivity contribution in [3.05, 3.63) is 52.9 Å². The van der Waals surface area contributed by atoms with Crippen LogP contribution < -0.4 is 5.32 Å². The molecule has 4 rings (SSSR count). The van der Waals surface area contributed by atoms with Crippen LogP contribution in [0.25, 0.3) is 11.3 Å². The van der Waals surface area contributed by atoms with Crippen LogP contribution in [-0.2, 0) is 4.79 Å². The summed E-state index contributed by atoms with van der Waals surface area (Å²) in [6.45, 7) is 1.90. The fourth-order valence-electron chi connectivity index (χ4n) is 2.77. The molecule has 1 aliphatic rings. The lowest BCUT2D eigenvalue weighted by Gasteiger charge is -2.21. The maximum atomic E-state index is 13.9. The minimum atomic E-state index is -0.643. The SMILES string of the molecule is Cc1cnc(NC(=O)C2CSCN2C(=O)c2cc(-c3ccccc3F)on2)s1. The Hall–Kier alpha value is -2.72. The Morgan fingerprint density at radius 2 is 2.18 bits per heavy atom. The number of aryl methyl sites for hydroxylation is 1. The van der Waals surface area contributed by atoms with Gasteiger partial charge in [0.15, 0.2) is 16.6 Å². The highest BCUT2D eigenvalue weighted by Gasteiger charge is 2.36. The smallest absolute Gasteiger partial charge is 0.277 e. The summed E-state index contributed by atoms with van der Waals surface area (Å²) >= 11 is 2.84. The maximum Gasteiger partial charge on any atom is 0.277 e. The molecule has 1 N–H and O–H groups in total. The van der Waals surface area contributed by atoms with Gasteiger partial charge in [0.1, 0.15) is 11.9 Å². The van der Waals surface area contributed by atoms with E-state index in [1.54, 1.807) is 24.4 Å². The van der Waals surface area contributed by atoms with E-state index in [-0.39, 0.29) is 22.9 Å². The third kappa shape index (κ3) is 3.65. The number of thiazole rings is 1. The van der Waals surface area contributed by atoms with Crippen molar-refractivity contribution in [2.24, 2.45) is 0 Å². The van der Waals surface area contributed by atoms with Crippen LogP contribution in [0.15, 0.2) is 41.1 Å². The van der Waals surface area contributed by atoms with E-state index in [4.69, 9.17) is 4.52 Å². The number of nitrogens with zero attached hydrogens (tertiary/aromatic N) is 3. The molecule has 1 saturated heterocycles. The fourth-order valence-corrected chi connectivity index (χ4v) is 4.59. The fraction of sp³-hybridized carbons (Fsp3) is 0.222. The molecule has 7 nitrogen and oxygen atoms in total. The van der Waals surface area contributed by atoms with E-state index in [0.29, 0.717) is 16.8 Å². The molecular weight excluding hydrogens is 403 g/mol. The van der Waals surface area contributed by atoms with Crippen LogP contribution in [0.5, 0.6) is 0 Å². The number of rotatable bonds is 4. The van der Waals surface area contributed by atoms with Gasteiger partial charge < -0.3 is 14.7 Å². The molecule has 1 unspecified atom stereocenters. The Bertz CT molecular complexity index is 1040. The second kappa shape index (κ2) is 7.72. The highest BCUT2D eigenvalue weighted by Crippen LogP contribution is 2.27. The van der Waals surface area contributed by atoms with Crippen LogP contribution in [0, 0.1) is 12.7 Å². The van der Waals surface area contributed by atoms with Crippen molar-refractivity contribution in [2.45, 2.75) is 13.0 Å². The average molecular weight is 418 g/mol. The first kappa shape index (κ1) is 18.6. The molecular formula is C18H15FN4O3S2. The summed E-state index contributed by atoms with van der Waals surface area (Å²) in [5.74, 6) is -0.217. The molecule has 1 atom stereocenters. The number of anilines is 1. The molecule has 2 aromatic heterocycles. The van der Waals surface area contributed by atoms with Gasteiger partial charge in [-0.2, -0.15) is 0 Å². The van der Waals surface area contributed by atoms with Crippen LogP contribution in [0.4, 0.5) is 9.52 Å². The van der Waals surface area contributed by atoms with E-state index in [0.717, 1.165) is 4.88 Å². The van der Waals surface area contributed by atoms with Crippen LogP contribution in [0.3, 0.4) is 0 Å². The number of thioether (sulfide) groups is 1. The number of aromatic nitrogens is 2. The van der Waals surface area contributed by atoms with E-state index in [1.165, 1.54) is 40.1 Å². The molecule has 2 amide bonds. The van der Waals surface area contributed by atoms with Crippen molar-refractivity contribution in [3.8, 4) is 11.3 Å². The molecule has 28 heavy (non-hydrogen) atoms. The number of amides is 2. The van der Waals surface area contributed by atoms with E-state index >= 15 is 0 Å². The summed E-state index contributed by atoms with van der Waals surface area (Å²) in [5, 5.41) is 7.02. The third-order valence-corrected chi connectivity index (χ3v) is 6.01. The minimum absolute atomic E-state index is 0.0312. The van der Waals surface area contributed by atoms with Crippen molar-refractivity contribution in [2.75, 3.05) is 16.9 Å². The third-order valence-electron chi connectivity index (χ3n) is 4.17. The molecule has 1 aromatic carbocycles. The number of hydrogen-bond acceptors (Lipinski definition) is 7. The van der Waals surface area contributed by atoms with Crippen molar-refractivity contribution >= 4 is 40.0 Å². The molecule has 10 heteroatoms. The lowest BCUT2D eigenvalue weighted by molar-refractivity contribution is -0.119. The van der Waals surface area contributed by atoms with Crippen LogP contribution in [0.1, 0.15) is 15.4 Å². The predicted octanol–water partition coefficient (Wildman–Crippen LogP) is 3.40. The first-order chi connectivity index (χ1) is 13.5. The van der Waals surface area contributed by atoms with Gasteiger partial charge >= 0.3 is 0 Å². The van der Waals surface area contributed by atoms with Crippen molar-refractivity contribution < 1.29 is 18.5 Å². The Morgan fingerprint density at radius 1 is 1.36 bits per heavy atom. The summed E-state index contributed by atoms with van der Waals surface area (Å²) in [5.41, 5.74) is 0.252. The molecule has 3 heterocycles. The first-order valence-corrected chi connectivity index (χ1v) is 10.3. The molecule has 0 spiro atoms. The summed E-state index contributed by atoms with van der Waals surface area (Å²) in [6.07, 6.45) is 1.67. The van der Waals surface area contributed by atoms with E-state index in [2.05, 4.69) is 15.5 Å². The first-order valence-electron chi connectivity index (χ1n) is 8.36. The van der Waals surface area contributed by atoms with Gasteiger partial charge in [-0.3, -0.25) is 9.59 Å². The van der Waals surface area contributed by atoms with Crippen molar-refractivity contribution in [3.63, 3.8) is 0 Å². The van der Waals surface area contributed by atoms with Gasteiger partial charge in [0.2, 0.25) is 5.91 Å². The Morgan fingerprint density at radius 3 is 2.93 bits per heavy atom. The van der Waals surface area contributed by atoms with E-state index in [1.807, 2.05) is 6.92 Å². The quantitative estimate of drug-likeness (QED) is 0.699. The number of carbonyl (C=O) groups is 2. The van der Waals surface area contributed by atoms with Crippen molar-refractivity contribution in [1.82, 2.24) is 15.0 Å². The summed E-state index contributed by atoms with van der Waals surface area (Å²) in [6, 6.07) is 6.83. The lowest BCUT2D eigenvalue weighted by Crippen LogP contribution is -2.44. The summed E-state index contributed by atoms with van der Waals surface area (Å²) in [4.78, 5) is 32.0. The van der Waals surface area contributed by atoms with Gasteiger partial charge in [-0.1, -0.05) is 17.3 Å². The topological polar surface area (TPSA) is 88.3 Å². The number of benzene rings is 1. The second-order valence-corrected chi connectivity index (χ2v) is 8.35. The van der Waals surface area contributed by atoms with Crippen LogP contribution in [-0.4, -0.2) is 44.5 Å². The van der Waals surface area contributed by atoms with Crippen molar-refractivity contribution in [1.29, 1.82) is 0 Å². The molecule has 0 aliphatic carbocycles. The molecule has 1 fully saturated rings.